The second kappa shape index (κ2) is 8.78. The van der Waals surface area contributed by atoms with Crippen molar-refractivity contribution >= 4 is 38.1 Å². The molecule has 1 rings (SSSR count). The van der Waals surface area contributed by atoms with E-state index in [0.717, 1.165) is 18.2 Å². The predicted molar refractivity (Wildman–Crippen MR) is 90.2 cm³/mol. The number of nitrogens with one attached hydrogen (secondary N) is 2. The normalized spacial score (nSPS) is 12.0. The smallest absolute Gasteiger partial charge is 0.240 e. The van der Waals surface area contributed by atoms with Crippen molar-refractivity contribution in [1.82, 2.24) is 4.72 Å². The lowest BCUT2D eigenvalue weighted by atomic mass is 10.3. The van der Waals surface area contributed by atoms with Gasteiger partial charge in [0.1, 0.15) is 5.82 Å². The monoisotopic (exact) mass is 389 g/mol. The third-order valence-corrected chi connectivity index (χ3v) is 6.00. The number of rotatable bonds is 8. The molecular formula is C12H21ClFN3O4S2. The zero-order valence-corrected chi connectivity index (χ0v) is 15.2. The Hall–Kier alpha value is -0.940. The summed E-state index contributed by atoms with van der Waals surface area (Å²) in [5.41, 5.74) is 4.97. The molecule has 0 unspecified atom stereocenters. The molecule has 0 radical (unpaired) electrons. The summed E-state index contributed by atoms with van der Waals surface area (Å²) in [4.78, 5) is -0.283. The first kappa shape index (κ1) is 22.1. The third-order valence-electron chi connectivity index (χ3n) is 2.80. The highest BCUT2D eigenvalue weighted by Gasteiger charge is 2.20. The minimum atomic E-state index is -3.85. The topological polar surface area (TPSA) is 118 Å². The Kier molecular flexibility index (Phi) is 8.43. The lowest BCUT2D eigenvalue weighted by Gasteiger charge is -2.12. The van der Waals surface area contributed by atoms with E-state index in [0.29, 0.717) is 13.0 Å². The molecule has 7 nitrogen and oxygen atoms in total. The number of benzene rings is 1. The molecule has 0 bridgehead atoms. The van der Waals surface area contributed by atoms with Gasteiger partial charge in [-0.25, -0.2) is 25.9 Å². The van der Waals surface area contributed by atoms with Crippen LogP contribution in [0.1, 0.15) is 20.3 Å². The molecule has 1 aromatic rings. The quantitative estimate of drug-likeness (QED) is 0.574. The SMILES string of the molecule is CC(C)S(=O)(=O)Nc1ccc(S(=O)(=O)NCCCN)cc1F.Cl. The number of halogens is 2. The number of nitrogens with two attached hydrogens (primary N) is 1. The van der Waals surface area contributed by atoms with Gasteiger partial charge < -0.3 is 5.73 Å². The van der Waals surface area contributed by atoms with Gasteiger partial charge in [-0.1, -0.05) is 0 Å². The fourth-order valence-corrected chi connectivity index (χ4v) is 3.20. The van der Waals surface area contributed by atoms with Crippen molar-refractivity contribution in [1.29, 1.82) is 0 Å². The molecule has 0 spiro atoms. The lowest BCUT2D eigenvalue weighted by Crippen LogP contribution is -2.26. The fourth-order valence-electron chi connectivity index (χ4n) is 1.41. The molecule has 0 aliphatic carbocycles. The molecule has 0 amide bonds. The summed E-state index contributed by atoms with van der Waals surface area (Å²) in [6.45, 7) is 3.36. The van der Waals surface area contributed by atoms with E-state index in [2.05, 4.69) is 9.44 Å². The molecule has 0 fully saturated rings. The van der Waals surface area contributed by atoms with Crippen molar-refractivity contribution in [3.8, 4) is 0 Å². The van der Waals surface area contributed by atoms with Gasteiger partial charge in [0.25, 0.3) is 0 Å². The van der Waals surface area contributed by atoms with Gasteiger partial charge in [0.2, 0.25) is 20.0 Å². The van der Waals surface area contributed by atoms with E-state index < -0.39 is 31.1 Å². The fraction of sp³-hybridized carbons (Fsp3) is 0.500. The summed E-state index contributed by atoms with van der Waals surface area (Å²) < 4.78 is 65.5. The van der Waals surface area contributed by atoms with Gasteiger partial charge in [0, 0.05) is 6.54 Å². The minimum Gasteiger partial charge on any atom is -0.330 e. The average molecular weight is 390 g/mol. The molecule has 134 valence electrons. The molecule has 0 saturated heterocycles. The molecule has 0 aliphatic rings. The van der Waals surface area contributed by atoms with Gasteiger partial charge in [-0.05, 0) is 45.0 Å². The van der Waals surface area contributed by atoms with Crippen LogP contribution in [0.3, 0.4) is 0 Å². The maximum Gasteiger partial charge on any atom is 0.240 e. The molecule has 0 aromatic heterocycles. The second-order valence-electron chi connectivity index (χ2n) is 4.88. The molecule has 0 atom stereocenters. The number of hydrogen-bond donors (Lipinski definition) is 3. The summed E-state index contributed by atoms with van der Waals surface area (Å²) in [5.74, 6) is -0.967. The van der Waals surface area contributed by atoms with E-state index >= 15 is 0 Å². The summed E-state index contributed by atoms with van der Waals surface area (Å²) in [6, 6.07) is 2.97. The highest BCUT2D eigenvalue weighted by atomic mass is 35.5. The molecule has 0 aliphatic heterocycles. The zero-order chi connectivity index (χ0) is 17.0. The average Bonchev–Trinajstić information content (AvgIpc) is 2.40. The van der Waals surface area contributed by atoms with Gasteiger partial charge in [-0.3, -0.25) is 4.72 Å². The Morgan fingerprint density at radius 3 is 2.30 bits per heavy atom. The summed E-state index contributed by atoms with van der Waals surface area (Å²) >= 11 is 0. The van der Waals surface area contributed by atoms with Crippen LogP contribution >= 0.6 is 12.4 Å². The molecule has 23 heavy (non-hydrogen) atoms. The number of anilines is 1. The van der Waals surface area contributed by atoms with Crippen LogP contribution in [0.25, 0.3) is 0 Å². The zero-order valence-electron chi connectivity index (χ0n) is 12.7. The molecular weight excluding hydrogens is 369 g/mol. The van der Waals surface area contributed by atoms with Crippen LogP contribution in [0.2, 0.25) is 0 Å². The summed E-state index contributed by atoms with van der Waals surface area (Å²) in [7, 11) is -7.56. The molecule has 4 N–H and O–H groups in total. The van der Waals surface area contributed by atoms with Crippen LogP contribution < -0.4 is 15.2 Å². The van der Waals surface area contributed by atoms with E-state index in [1.165, 1.54) is 13.8 Å². The Morgan fingerprint density at radius 1 is 1.22 bits per heavy atom. The summed E-state index contributed by atoms with van der Waals surface area (Å²) in [5, 5.41) is -0.742. The van der Waals surface area contributed by atoms with Crippen molar-refractivity contribution < 1.29 is 21.2 Å². The van der Waals surface area contributed by atoms with Crippen molar-refractivity contribution in [2.75, 3.05) is 17.8 Å². The molecule has 1 aromatic carbocycles. The van der Waals surface area contributed by atoms with Crippen molar-refractivity contribution in [2.45, 2.75) is 30.4 Å². The van der Waals surface area contributed by atoms with Crippen LogP contribution in [0.15, 0.2) is 23.1 Å². The number of hydrogen-bond acceptors (Lipinski definition) is 5. The Balaban J connectivity index is 0.00000484. The maximum absolute atomic E-state index is 13.9. The van der Waals surface area contributed by atoms with Gasteiger partial charge in [-0.2, -0.15) is 0 Å². The van der Waals surface area contributed by atoms with Crippen molar-refractivity contribution in [3.05, 3.63) is 24.0 Å². The van der Waals surface area contributed by atoms with E-state index in [1.807, 2.05) is 0 Å². The highest BCUT2D eigenvalue weighted by Crippen LogP contribution is 2.20. The van der Waals surface area contributed by atoms with E-state index in [9.17, 15) is 21.2 Å². The van der Waals surface area contributed by atoms with Crippen LogP contribution in [0.4, 0.5) is 10.1 Å². The van der Waals surface area contributed by atoms with Crippen LogP contribution in [0, 0.1) is 5.82 Å². The predicted octanol–water partition coefficient (Wildman–Crippen LogP) is 1.02. The standard InChI is InChI=1S/C12H20FN3O4S2.ClH/c1-9(2)21(17,18)16-12-5-4-10(8-11(12)13)22(19,20)15-7-3-6-14;/h4-5,8-9,15-16H,3,6-7,14H2,1-2H3;1H. The third kappa shape index (κ3) is 6.22. The second-order valence-corrected chi connectivity index (χ2v) is 8.88. The van der Waals surface area contributed by atoms with Crippen LogP contribution in [0.5, 0.6) is 0 Å². The van der Waals surface area contributed by atoms with Crippen LogP contribution in [-0.4, -0.2) is 35.2 Å². The molecule has 11 heteroatoms. The van der Waals surface area contributed by atoms with Crippen molar-refractivity contribution in [2.24, 2.45) is 5.73 Å². The van der Waals surface area contributed by atoms with Crippen LogP contribution in [-0.2, 0) is 20.0 Å². The highest BCUT2D eigenvalue weighted by molar-refractivity contribution is 7.93. The lowest BCUT2D eigenvalue weighted by molar-refractivity contribution is 0.576. The van der Waals surface area contributed by atoms with Gasteiger partial charge in [0.05, 0.1) is 15.8 Å². The first-order chi connectivity index (χ1) is 10.1. The van der Waals surface area contributed by atoms with E-state index in [4.69, 9.17) is 5.73 Å². The Morgan fingerprint density at radius 2 is 1.83 bits per heavy atom. The molecule has 0 saturated carbocycles. The van der Waals surface area contributed by atoms with Gasteiger partial charge >= 0.3 is 0 Å². The first-order valence-electron chi connectivity index (χ1n) is 6.61. The first-order valence-corrected chi connectivity index (χ1v) is 9.64. The Labute approximate surface area is 142 Å². The molecule has 0 heterocycles. The van der Waals surface area contributed by atoms with E-state index in [-0.39, 0.29) is 29.5 Å². The largest absolute Gasteiger partial charge is 0.330 e. The van der Waals surface area contributed by atoms with Gasteiger partial charge in [-0.15, -0.1) is 12.4 Å². The van der Waals surface area contributed by atoms with E-state index in [1.54, 1.807) is 0 Å². The summed E-state index contributed by atoms with van der Waals surface area (Å²) in [6.07, 6.45) is 0.452. The Bertz CT molecular complexity index is 724. The number of sulfonamides is 2. The maximum atomic E-state index is 13.9. The van der Waals surface area contributed by atoms with Gasteiger partial charge in [0.15, 0.2) is 0 Å². The minimum absolute atomic E-state index is 0. The van der Waals surface area contributed by atoms with Crippen molar-refractivity contribution in [3.63, 3.8) is 0 Å².